The molecule has 3 rings (SSSR count). The molecule has 0 spiro atoms. The lowest BCUT2D eigenvalue weighted by Gasteiger charge is -1.99. The van der Waals surface area contributed by atoms with Crippen LogP contribution in [0.15, 0.2) is 18.7 Å². The molecule has 70 valence electrons. The van der Waals surface area contributed by atoms with E-state index in [1.54, 1.807) is 11.3 Å². The standard InChI is InChI=1S/C11H10N2S/c1-6-2-3-7-4-5-8-10(9(6)7)14-11(12)13-8/h4-5H,1-3H2,(H2,12,13). The molecule has 1 aliphatic rings. The first-order valence-corrected chi connectivity index (χ1v) is 5.43. The molecule has 0 atom stereocenters. The fourth-order valence-electron chi connectivity index (χ4n) is 2.06. The summed E-state index contributed by atoms with van der Waals surface area (Å²) in [4.78, 5) is 4.28. The Labute approximate surface area is 86.1 Å². The van der Waals surface area contributed by atoms with Crippen LogP contribution in [-0.2, 0) is 6.42 Å². The maximum Gasteiger partial charge on any atom is 0.181 e. The average Bonchev–Trinajstić information content (AvgIpc) is 2.68. The van der Waals surface area contributed by atoms with E-state index >= 15 is 0 Å². The maximum absolute atomic E-state index is 5.71. The summed E-state index contributed by atoms with van der Waals surface area (Å²) < 4.78 is 1.21. The molecule has 2 aromatic rings. The van der Waals surface area contributed by atoms with E-state index in [0.717, 1.165) is 18.4 Å². The van der Waals surface area contributed by atoms with Gasteiger partial charge < -0.3 is 5.73 Å². The van der Waals surface area contributed by atoms with Gasteiger partial charge >= 0.3 is 0 Å². The molecule has 1 aliphatic carbocycles. The van der Waals surface area contributed by atoms with Gasteiger partial charge in [-0.1, -0.05) is 24.0 Å². The van der Waals surface area contributed by atoms with Crippen molar-refractivity contribution < 1.29 is 0 Å². The topological polar surface area (TPSA) is 38.9 Å². The molecule has 0 fully saturated rings. The monoisotopic (exact) mass is 202 g/mol. The van der Waals surface area contributed by atoms with Crippen LogP contribution in [0.4, 0.5) is 5.13 Å². The quantitative estimate of drug-likeness (QED) is 0.713. The lowest BCUT2D eigenvalue weighted by Crippen LogP contribution is -1.81. The molecule has 2 nitrogen and oxygen atoms in total. The predicted molar refractivity (Wildman–Crippen MR) is 61.4 cm³/mol. The van der Waals surface area contributed by atoms with E-state index in [1.807, 2.05) is 0 Å². The molecule has 14 heavy (non-hydrogen) atoms. The minimum atomic E-state index is 0.646. The van der Waals surface area contributed by atoms with Crippen molar-refractivity contribution in [3.63, 3.8) is 0 Å². The Bertz CT molecular complexity index is 539. The molecule has 0 aliphatic heterocycles. The zero-order valence-corrected chi connectivity index (χ0v) is 8.53. The minimum Gasteiger partial charge on any atom is -0.375 e. The number of rotatable bonds is 0. The number of allylic oxidation sites excluding steroid dienone is 1. The summed E-state index contributed by atoms with van der Waals surface area (Å²) in [6, 6.07) is 4.20. The molecule has 2 N–H and O–H groups in total. The summed E-state index contributed by atoms with van der Waals surface area (Å²) in [5, 5.41) is 0.646. The van der Waals surface area contributed by atoms with Gasteiger partial charge in [-0.3, -0.25) is 0 Å². The third-order valence-electron chi connectivity index (χ3n) is 2.71. The van der Waals surface area contributed by atoms with Crippen molar-refractivity contribution in [2.75, 3.05) is 5.73 Å². The fourth-order valence-corrected chi connectivity index (χ4v) is 3.01. The molecule has 1 heterocycles. The number of hydrogen-bond acceptors (Lipinski definition) is 3. The summed E-state index contributed by atoms with van der Waals surface area (Å²) in [7, 11) is 0. The first kappa shape index (κ1) is 8.00. The Morgan fingerprint density at radius 2 is 2.21 bits per heavy atom. The number of anilines is 1. The van der Waals surface area contributed by atoms with Gasteiger partial charge in [-0.05, 0) is 35.6 Å². The Kier molecular flexibility index (Phi) is 1.47. The summed E-state index contributed by atoms with van der Waals surface area (Å²) >= 11 is 1.57. The highest BCUT2D eigenvalue weighted by Crippen LogP contribution is 2.39. The zero-order valence-electron chi connectivity index (χ0n) is 7.71. The maximum atomic E-state index is 5.71. The smallest absolute Gasteiger partial charge is 0.181 e. The lowest BCUT2D eigenvalue weighted by atomic mass is 10.1. The van der Waals surface area contributed by atoms with Crippen LogP contribution in [0.1, 0.15) is 17.5 Å². The third-order valence-corrected chi connectivity index (χ3v) is 3.63. The van der Waals surface area contributed by atoms with Crippen molar-refractivity contribution in [1.82, 2.24) is 4.98 Å². The van der Waals surface area contributed by atoms with Crippen LogP contribution in [0.3, 0.4) is 0 Å². The van der Waals surface area contributed by atoms with E-state index in [4.69, 9.17) is 5.73 Å². The van der Waals surface area contributed by atoms with Crippen LogP contribution in [-0.4, -0.2) is 4.98 Å². The normalized spacial score (nSPS) is 15.0. The SMILES string of the molecule is C=C1CCc2ccc3nc(N)sc3c21. The Balaban J connectivity index is 2.46. The number of hydrogen-bond donors (Lipinski definition) is 1. The van der Waals surface area contributed by atoms with Gasteiger partial charge in [0.05, 0.1) is 10.2 Å². The second-order valence-corrected chi connectivity index (χ2v) is 4.63. The highest BCUT2D eigenvalue weighted by Gasteiger charge is 2.19. The molecule has 1 aromatic carbocycles. The molecule has 0 saturated heterocycles. The van der Waals surface area contributed by atoms with E-state index < -0.39 is 0 Å². The van der Waals surface area contributed by atoms with Crippen LogP contribution in [0, 0.1) is 0 Å². The first-order valence-electron chi connectivity index (χ1n) is 4.62. The number of aryl methyl sites for hydroxylation is 1. The number of aromatic nitrogens is 1. The van der Waals surface area contributed by atoms with Crippen LogP contribution in [0.25, 0.3) is 15.8 Å². The van der Waals surface area contributed by atoms with E-state index in [2.05, 4.69) is 23.7 Å². The Morgan fingerprint density at radius 1 is 1.36 bits per heavy atom. The summed E-state index contributed by atoms with van der Waals surface area (Å²) in [6.45, 7) is 4.09. The van der Waals surface area contributed by atoms with Gasteiger partial charge in [-0.15, -0.1) is 0 Å². The summed E-state index contributed by atoms with van der Waals surface area (Å²) in [5.74, 6) is 0. The van der Waals surface area contributed by atoms with E-state index in [1.165, 1.54) is 21.4 Å². The Hall–Kier alpha value is -1.35. The third kappa shape index (κ3) is 0.930. The van der Waals surface area contributed by atoms with Gasteiger partial charge in [0.1, 0.15) is 0 Å². The first-order chi connectivity index (χ1) is 6.75. The Morgan fingerprint density at radius 3 is 3.07 bits per heavy atom. The predicted octanol–water partition coefficient (Wildman–Crippen LogP) is 2.84. The second-order valence-electron chi connectivity index (χ2n) is 3.60. The van der Waals surface area contributed by atoms with Crippen molar-refractivity contribution in [3.05, 3.63) is 29.8 Å². The van der Waals surface area contributed by atoms with Crippen molar-refractivity contribution in [2.45, 2.75) is 12.8 Å². The lowest BCUT2D eigenvalue weighted by molar-refractivity contribution is 1.08. The molecule has 0 radical (unpaired) electrons. The molecule has 0 amide bonds. The molecule has 0 saturated carbocycles. The van der Waals surface area contributed by atoms with Crippen LogP contribution in [0.5, 0.6) is 0 Å². The molecular formula is C11H10N2S. The summed E-state index contributed by atoms with van der Waals surface area (Å²) in [5.41, 5.74) is 10.6. The molecule has 0 unspecified atom stereocenters. The van der Waals surface area contributed by atoms with Gasteiger partial charge in [0.2, 0.25) is 0 Å². The number of nitrogen functional groups attached to an aromatic ring is 1. The van der Waals surface area contributed by atoms with Gasteiger partial charge in [-0.2, -0.15) is 0 Å². The molecule has 3 heteroatoms. The number of nitrogens with two attached hydrogens (primary N) is 1. The molecular weight excluding hydrogens is 192 g/mol. The highest BCUT2D eigenvalue weighted by molar-refractivity contribution is 7.22. The number of benzene rings is 1. The number of fused-ring (bicyclic) bond motifs is 3. The zero-order chi connectivity index (χ0) is 9.71. The van der Waals surface area contributed by atoms with Crippen LogP contribution < -0.4 is 5.73 Å². The van der Waals surface area contributed by atoms with E-state index in [-0.39, 0.29) is 0 Å². The van der Waals surface area contributed by atoms with Crippen molar-refractivity contribution >= 4 is 32.3 Å². The largest absolute Gasteiger partial charge is 0.375 e. The van der Waals surface area contributed by atoms with E-state index in [9.17, 15) is 0 Å². The molecule has 0 bridgehead atoms. The van der Waals surface area contributed by atoms with E-state index in [0.29, 0.717) is 5.13 Å². The number of nitrogens with zero attached hydrogens (tertiary/aromatic N) is 1. The van der Waals surface area contributed by atoms with Crippen molar-refractivity contribution in [1.29, 1.82) is 0 Å². The average molecular weight is 202 g/mol. The van der Waals surface area contributed by atoms with Crippen molar-refractivity contribution in [2.24, 2.45) is 0 Å². The highest BCUT2D eigenvalue weighted by atomic mass is 32.1. The number of thiazole rings is 1. The molecule has 1 aromatic heterocycles. The fraction of sp³-hybridized carbons (Fsp3) is 0.182. The minimum absolute atomic E-state index is 0.646. The van der Waals surface area contributed by atoms with Crippen LogP contribution >= 0.6 is 11.3 Å². The second kappa shape index (κ2) is 2.58. The van der Waals surface area contributed by atoms with Gasteiger partial charge in [0.25, 0.3) is 0 Å². The summed E-state index contributed by atoms with van der Waals surface area (Å²) in [6.07, 6.45) is 2.19. The van der Waals surface area contributed by atoms with Gasteiger partial charge in [0.15, 0.2) is 5.13 Å². The van der Waals surface area contributed by atoms with Gasteiger partial charge in [-0.25, -0.2) is 4.98 Å². The van der Waals surface area contributed by atoms with Crippen LogP contribution in [0.2, 0.25) is 0 Å². The van der Waals surface area contributed by atoms with Gasteiger partial charge in [0, 0.05) is 0 Å². The van der Waals surface area contributed by atoms with Crippen molar-refractivity contribution in [3.8, 4) is 0 Å².